The van der Waals surface area contributed by atoms with Gasteiger partial charge in [0, 0.05) is 24.5 Å². The maximum Gasteiger partial charge on any atom is 0.126 e. The van der Waals surface area contributed by atoms with Crippen molar-refractivity contribution in [3.63, 3.8) is 0 Å². The van der Waals surface area contributed by atoms with Crippen LogP contribution in [0.4, 0.5) is 0 Å². The molecule has 1 N–H and O–H groups in total. The summed E-state index contributed by atoms with van der Waals surface area (Å²) in [5.74, 6) is 1.06. The third-order valence-corrected chi connectivity index (χ3v) is 4.12. The number of fused-ring (bicyclic) bond motifs is 1. The van der Waals surface area contributed by atoms with Crippen LogP contribution in [0.25, 0.3) is 10.8 Å². The molecule has 0 saturated carbocycles. The number of ether oxygens (including phenoxy) is 2. The molecule has 20 heavy (non-hydrogen) atoms. The molecule has 1 saturated heterocycles. The first-order chi connectivity index (χ1) is 9.85. The molecule has 0 bridgehead atoms. The van der Waals surface area contributed by atoms with Gasteiger partial charge in [-0.2, -0.15) is 0 Å². The Labute approximate surface area is 119 Å². The summed E-state index contributed by atoms with van der Waals surface area (Å²) in [4.78, 5) is 0. The van der Waals surface area contributed by atoms with Gasteiger partial charge in [0.25, 0.3) is 0 Å². The molecule has 1 heterocycles. The van der Waals surface area contributed by atoms with E-state index in [-0.39, 0.29) is 18.6 Å². The van der Waals surface area contributed by atoms with Crippen LogP contribution in [0.2, 0.25) is 0 Å². The Balaban J connectivity index is 2.11. The molecule has 106 valence electrons. The number of methoxy groups -OCH3 is 1. The minimum Gasteiger partial charge on any atom is -0.496 e. The maximum absolute atomic E-state index is 9.59. The Morgan fingerprint density at radius 3 is 2.75 bits per heavy atom. The van der Waals surface area contributed by atoms with Crippen LogP contribution in [0, 0.1) is 5.92 Å². The van der Waals surface area contributed by atoms with E-state index in [1.807, 2.05) is 18.2 Å². The molecule has 0 aliphatic carbocycles. The largest absolute Gasteiger partial charge is 0.496 e. The van der Waals surface area contributed by atoms with Gasteiger partial charge < -0.3 is 14.6 Å². The van der Waals surface area contributed by atoms with Gasteiger partial charge in [-0.1, -0.05) is 30.3 Å². The summed E-state index contributed by atoms with van der Waals surface area (Å²) in [6, 6.07) is 12.3. The number of hydrogen-bond acceptors (Lipinski definition) is 3. The lowest BCUT2D eigenvalue weighted by Crippen LogP contribution is -2.25. The standard InChI is InChI=1S/C17H20O3/c1-19-16-9-8-15(13-6-2-3-7-14(13)16)17-12(11-18)5-4-10-20-17/h2-3,6-9,12,17-18H,4-5,10-11H2,1H3. The lowest BCUT2D eigenvalue weighted by atomic mass is 9.87. The number of aliphatic hydroxyl groups is 1. The van der Waals surface area contributed by atoms with Crippen molar-refractivity contribution in [2.75, 3.05) is 20.3 Å². The Morgan fingerprint density at radius 2 is 2.00 bits per heavy atom. The third kappa shape index (κ3) is 2.28. The molecule has 2 aromatic carbocycles. The van der Waals surface area contributed by atoms with Crippen molar-refractivity contribution >= 4 is 10.8 Å². The fraction of sp³-hybridized carbons (Fsp3) is 0.412. The topological polar surface area (TPSA) is 38.7 Å². The van der Waals surface area contributed by atoms with E-state index in [0.29, 0.717) is 0 Å². The summed E-state index contributed by atoms with van der Waals surface area (Å²) in [6.07, 6.45) is 2.02. The molecular formula is C17H20O3. The van der Waals surface area contributed by atoms with Gasteiger partial charge in [0.05, 0.1) is 13.2 Å². The summed E-state index contributed by atoms with van der Waals surface area (Å²) in [5.41, 5.74) is 1.15. The van der Waals surface area contributed by atoms with Crippen molar-refractivity contribution in [2.24, 2.45) is 5.92 Å². The van der Waals surface area contributed by atoms with Gasteiger partial charge in [-0.15, -0.1) is 0 Å². The van der Waals surface area contributed by atoms with Crippen molar-refractivity contribution < 1.29 is 14.6 Å². The molecule has 0 amide bonds. The monoisotopic (exact) mass is 272 g/mol. The SMILES string of the molecule is COc1ccc(C2OCCCC2CO)c2ccccc12. The summed E-state index contributed by atoms with van der Waals surface area (Å²) >= 11 is 0. The van der Waals surface area contributed by atoms with E-state index in [0.717, 1.165) is 41.5 Å². The average molecular weight is 272 g/mol. The second kappa shape index (κ2) is 5.81. The second-order valence-corrected chi connectivity index (χ2v) is 5.28. The van der Waals surface area contributed by atoms with E-state index < -0.39 is 0 Å². The first-order valence-corrected chi connectivity index (χ1v) is 7.13. The van der Waals surface area contributed by atoms with E-state index in [9.17, 15) is 5.11 Å². The van der Waals surface area contributed by atoms with Gasteiger partial charge in [-0.3, -0.25) is 0 Å². The Kier molecular flexibility index (Phi) is 3.90. The van der Waals surface area contributed by atoms with Crippen LogP contribution >= 0.6 is 0 Å². The summed E-state index contributed by atoms with van der Waals surface area (Å²) < 4.78 is 11.4. The van der Waals surface area contributed by atoms with Gasteiger partial charge in [0.1, 0.15) is 5.75 Å². The smallest absolute Gasteiger partial charge is 0.126 e. The summed E-state index contributed by atoms with van der Waals surface area (Å²) in [6.45, 7) is 0.937. The quantitative estimate of drug-likeness (QED) is 0.931. The van der Waals surface area contributed by atoms with E-state index in [1.165, 1.54) is 0 Å². The van der Waals surface area contributed by atoms with Crippen molar-refractivity contribution in [1.82, 2.24) is 0 Å². The molecule has 2 atom stereocenters. The van der Waals surface area contributed by atoms with Crippen molar-refractivity contribution in [2.45, 2.75) is 18.9 Å². The predicted octanol–water partition coefficient (Wildman–Crippen LogP) is 3.31. The van der Waals surface area contributed by atoms with Crippen LogP contribution < -0.4 is 4.74 Å². The van der Waals surface area contributed by atoms with E-state index in [4.69, 9.17) is 9.47 Å². The third-order valence-electron chi connectivity index (χ3n) is 4.12. The first-order valence-electron chi connectivity index (χ1n) is 7.13. The lowest BCUT2D eigenvalue weighted by molar-refractivity contribution is -0.0449. The van der Waals surface area contributed by atoms with E-state index in [2.05, 4.69) is 18.2 Å². The maximum atomic E-state index is 9.59. The van der Waals surface area contributed by atoms with E-state index in [1.54, 1.807) is 7.11 Å². The van der Waals surface area contributed by atoms with Gasteiger partial charge in [-0.05, 0) is 29.9 Å². The highest BCUT2D eigenvalue weighted by Gasteiger charge is 2.28. The molecule has 2 unspecified atom stereocenters. The lowest BCUT2D eigenvalue weighted by Gasteiger charge is -2.31. The first kappa shape index (κ1) is 13.4. The minimum atomic E-state index is -0.0236. The molecule has 3 heteroatoms. The van der Waals surface area contributed by atoms with Crippen molar-refractivity contribution in [3.8, 4) is 5.75 Å². The number of rotatable bonds is 3. The summed E-state index contributed by atoms with van der Waals surface area (Å²) in [5, 5.41) is 11.8. The van der Waals surface area contributed by atoms with Crippen LogP contribution in [0.1, 0.15) is 24.5 Å². The van der Waals surface area contributed by atoms with Crippen LogP contribution in [0.3, 0.4) is 0 Å². The normalized spacial score (nSPS) is 22.9. The van der Waals surface area contributed by atoms with Gasteiger partial charge in [-0.25, -0.2) is 0 Å². The van der Waals surface area contributed by atoms with Gasteiger partial charge >= 0.3 is 0 Å². The molecule has 0 radical (unpaired) electrons. The number of aliphatic hydroxyl groups excluding tert-OH is 1. The predicted molar refractivity (Wildman–Crippen MR) is 79.0 cm³/mol. The Hall–Kier alpha value is -1.58. The van der Waals surface area contributed by atoms with E-state index >= 15 is 0 Å². The van der Waals surface area contributed by atoms with Crippen LogP contribution in [-0.2, 0) is 4.74 Å². The van der Waals surface area contributed by atoms with Gasteiger partial charge in [0.15, 0.2) is 0 Å². The second-order valence-electron chi connectivity index (χ2n) is 5.28. The zero-order valence-electron chi connectivity index (χ0n) is 11.7. The molecule has 1 aliphatic rings. The molecule has 0 aromatic heterocycles. The molecule has 3 nitrogen and oxygen atoms in total. The zero-order chi connectivity index (χ0) is 13.9. The Morgan fingerprint density at radius 1 is 1.20 bits per heavy atom. The molecule has 3 rings (SSSR count). The van der Waals surface area contributed by atoms with Gasteiger partial charge in [0.2, 0.25) is 0 Å². The highest BCUT2D eigenvalue weighted by Crippen LogP contribution is 2.39. The highest BCUT2D eigenvalue weighted by molar-refractivity contribution is 5.91. The Bertz CT molecular complexity index is 594. The van der Waals surface area contributed by atoms with Crippen LogP contribution in [0.15, 0.2) is 36.4 Å². The molecule has 1 fully saturated rings. The number of hydrogen-bond donors (Lipinski definition) is 1. The number of benzene rings is 2. The molecule has 1 aliphatic heterocycles. The fourth-order valence-corrected chi connectivity index (χ4v) is 3.09. The van der Waals surface area contributed by atoms with Crippen molar-refractivity contribution in [1.29, 1.82) is 0 Å². The molecule has 0 spiro atoms. The highest BCUT2D eigenvalue weighted by atomic mass is 16.5. The minimum absolute atomic E-state index is 0.0236. The zero-order valence-corrected chi connectivity index (χ0v) is 11.7. The van der Waals surface area contributed by atoms with Crippen LogP contribution in [0.5, 0.6) is 5.75 Å². The fourth-order valence-electron chi connectivity index (χ4n) is 3.09. The van der Waals surface area contributed by atoms with Crippen molar-refractivity contribution in [3.05, 3.63) is 42.0 Å². The van der Waals surface area contributed by atoms with Crippen LogP contribution in [-0.4, -0.2) is 25.4 Å². The molecule has 2 aromatic rings. The summed E-state index contributed by atoms with van der Waals surface area (Å²) in [7, 11) is 1.69. The molecular weight excluding hydrogens is 252 g/mol. The average Bonchev–Trinajstić information content (AvgIpc) is 2.53.